The topological polar surface area (TPSA) is 105 Å². The van der Waals surface area contributed by atoms with Crippen LogP contribution in [0.15, 0.2) is 34.9 Å². The molecule has 1 fully saturated rings. The van der Waals surface area contributed by atoms with Gasteiger partial charge >= 0.3 is 6.03 Å². The molecule has 134 valence electrons. The van der Waals surface area contributed by atoms with Crippen LogP contribution in [0.5, 0.6) is 0 Å². The van der Waals surface area contributed by atoms with E-state index in [-0.39, 0.29) is 18.3 Å². The van der Waals surface area contributed by atoms with Gasteiger partial charge in [-0.25, -0.2) is 4.79 Å². The number of amides is 4. The zero-order valence-corrected chi connectivity index (χ0v) is 14.2. The van der Waals surface area contributed by atoms with Gasteiger partial charge in [0.05, 0.1) is 0 Å². The quantitative estimate of drug-likeness (QED) is 0.811. The lowest BCUT2D eigenvalue weighted by molar-refractivity contribution is -0.134. The average Bonchev–Trinajstić information content (AvgIpc) is 3.11. The van der Waals surface area contributed by atoms with Crippen molar-refractivity contribution in [2.24, 2.45) is 0 Å². The third-order valence-corrected chi connectivity index (χ3v) is 4.87. The second-order valence-corrected chi connectivity index (χ2v) is 6.72. The summed E-state index contributed by atoms with van der Waals surface area (Å²) in [6.45, 7) is 1.34. The van der Waals surface area contributed by atoms with Crippen LogP contribution in [-0.2, 0) is 22.4 Å². The van der Waals surface area contributed by atoms with Crippen molar-refractivity contribution in [3.8, 4) is 0 Å². The highest BCUT2D eigenvalue weighted by Crippen LogP contribution is 2.33. The fourth-order valence-corrected chi connectivity index (χ4v) is 3.60. The molecule has 1 aliphatic carbocycles. The van der Waals surface area contributed by atoms with E-state index in [0.717, 1.165) is 10.5 Å². The van der Waals surface area contributed by atoms with Gasteiger partial charge in [0.1, 0.15) is 17.8 Å². The van der Waals surface area contributed by atoms with Gasteiger partial charge in [-0.3, -0.25) is 14.5 Å². The summed E-state index contributed by atoms with van der Waals surface area (Å²) in [5.74, 6) is -0.0606. The number of benzene rings is 1. The Labute approximate surface area is 149 Å². The molecule has 2 heterocycles. The van der Waals surface area contributed by atoms with Crippen molar-refractivity contribution in [3.63, 3.8) is 0 Å². The van der Waals surface area contributed by atoms with Gasteiger partial charge in [0.15, 0.2) is 5.82 Å². The number of fused-ring (bicyclic) bond motifs is 1. The Balaban J connectivity index is 1.48. The van der Waals surface area contributed by atoms with Crippen molar-refractivity contribution in [1.29, 1.82) is 0 Å². The van der Waals surface area contributed by atoms with E-state index in [1.54, 1.807) is 13.0 Å². The van der Waals surface area contributed by atoms with Gasteiger partial charge in [-0.05, 0) is 30.9 Å². The molecule has 1 aromatic carbocycles. The third-order valence-electron chi connectivity index (χ3n) is 4.87. The molecule has 1 aromatic heterocycles. The van der Waals surface area contributed by atoms with Crippen LogP contribution >= 0.6 is 0 Å². The number of hydrogen-bond donors (Lipinski definition) is 2. The van der Waals surface area contributed by atoms with Crippen LogP contribution in [0.2, 0.25) is 0 Å². The SMILES string of the molecule is Cc1cc(NC(=O)CN2C(=O)NC3(CCc4ccccc4C3)C2=O)no1. The average molecular weight is 354 g/mol. The molecule has 0 radical (unpaired) electrons. The lowest BCUT2D eigenvalue weighted by Gasteiger charge is -2.32. The van der Waals surface area contributed by atoms with Gasteiger partial charge in [0.2, 0.25) is 5.91 Å². The van der Waals surface area contributed by atoms with Gasteiger partial charge in [-0.2, -0.15) is 0 Å². The van der Waals surface area contributed by atoms with Crippen molar-refractivity contribution >= 4 is 23.7 Å². The van der Waals surface area contributed by atoms with Gasteiger partial charge < -0.3 is 15.2 Å². The Kier molecular flexibility index (Phi) is 3.75. The largest absolute Gasteiger partial charge is 0.360 e. The molecule has 4 amide bonds. The van der Waals surface area contributed by atoms with E-state index in [9.17, 15) is 14.4 Å². The first-order valence-corrected chi connectivity index (χ1v) is 8.41. The zero-order valence-electron chi connectivity index (χ0n) is 14.2. The number of carbonyl (C=O) groups is 3. The van der Waals surface area contributed by atoms with E-state index >= 15 is 0 Å². The number of imide groups is 1. The van der Waals surface area contributed by atoms with Crippen LogP contribution in [-0.4, -0.2) is 40.0 Å². The maximum absolute atomic E-state index is 12.9. The minimum absolute atomic E-state index is 0.251. The Morgan fingerprint density at radius 3 is 2.85 bits per heavy atom. The summed E-state index contributed by atoms with van der Waals surface area (Å²) >= 11 is 0. The van der Waals surface area contributed by atoms with E-state index < -0.39 is 17.5 Å². The molecular weight excluding hydrogens is 336 g/mol. The Hall–Kier alpha value is -3.16. The van der Waals surface area contributed by atoms with Crippen molar-refractivity contribution in [3.05, 3.63) is 47.2 Å². The molecule has 8 heteroatoms. The number of anilines is 1. The van der Waals surface area contributed by atoms with Crippen LogP contribution in [0.25, 0.3) is 0 Å². The molecule has 2 N–H and O–H groups in total. The van der Waals surface area contributed by atoms with Crippen LogP contribution in [0.1, 0.15) is 23.3 Å². The zero-order chi connectivity index (χ0) is 18.3. The predicted molar refractivity (Wildman–Crippen MR) is 91.3 cm³/mol. The molecule has 1 unspecified atom stereocenters. The molecule has 26 heavy (non-hydrogen) atoms. The molecular formula is C18H18N4O4. The monoisotopic (exact) mass is 354 g/mol. The van der Waals surface area contributed by atoms with Crippen LogP contribution < -0.4 is 10.6 Å². The standard InChI is InChI=1S/C18H18N4O4/c1-11-8-14(21-26-11)19-15(23)10-22-16(24)18(20-17(22)25)7-6-12-4-2-3-5-13(12)9-18/h2-5,8H,6-7,9-10H2,1H3,(H,20,25)(H,19,21,23). The number of aryl methyl sites for hydroxylation is 2. The van der Waals surface area contributed by atoms with E-state index in [0.29, 0.717) is 25.0 Å². The molecule has 0 bridgehead atoms. The molecule has 1 spiro atoms. The molecule has 0 saturated carbocycles. The van der Waals surface area contributed by atoms with Crippen molar-refractivity contribution < 1.29 is 18.9 Å². The highest BCUT2D eigenvalue weighted by Gasteiger charge is 2.52. The summed E-state index contributed by atoms with van der Waals surface area (Å²) in [6, 6.07) is 8.91. The number of aromatic nitrogens is 1. The van der Waals surface area contributed by atoms with E-state index in [1.807, 2.05) is 24.3 Å². The third kappa shape index (κ3) is 2.73. The molecule has 1 atom stereocenters. The molecule has 4 rings (SSSR count). The smallest absolute Gasteiger partial charge is 0.325 e. The highest BCUT2D eigenvalue weighted by molar-refractivity contribution is 6.10. The first-order valence-electron chi connectivity index (χ1n) is 8.41. The molecule has 2 aromatic rings. The summed E-state index contributed by atoms with van der Waals surface area (Å²) in [7, 11) is 0. The van der Waals surface area contributed by atoms with Crippen molar-refractivity contribution in [2.75, 3.05) is 11.9 Å². The van der Waals surface area contributed by atoms with Crippen LogP contribution in [0.3, 0.4) is 0 Å². The minimum Gasteiger partial charge on any atom is -0.360 e. The summed E-state index contributed by atoms with van der Waals surface area (Å²) in [4.78, 5) is 38.4. The van der Waals surface area contributed by atoms with E-state index in [2.05, 4.69) is 15.8 Å². The summed E-state index contributed by atoms with van der Waals surface area (Å²) in [5, 5.41) is 8.99. The van der Waals surface area contributed by atoms with Gasteiger partial charge in [-0.1, -0.05) is 29.4 Å². The first kappa shape index (κ1) is 16.3. The number of carbonyl (C=O) groups excluding carboxylic acids is 3. The second-order valence-electron chi connectivity index (χ2n) is 6.72. The Morgan fingerprint density at radius 1 is 1.35 bits per heavy atom. The van der Waals surface area contributed by atoms with Crippen molar-refractivity contribution in [1.82, 2.24) is 15.4 Å². The highest BCUT2D eigenvalue weighted by atomic mass is 16.5. The fourth-order valence-electron chi connectivity index (χ4n) is 3.60. The van der Waals surface area contributed by atoms with E-state index in [1.165, 1.54) is 5.56 Å². The van der Waals surface area contributed by atoms with Gasteiger partial charge in [0, 0.05) is 12.5 Å². The minimum atomic E-state index is -0.962. The maximum atomic E-state index is 12.9. The Morgan fingerprint density at radius 2 is 2.12 bits per heavy atom. The van der Waals surface area contributed by atoms with Crippen LogP contribution in [0, 0.1) is 6.92 Å². The number of nitrogens with zero attached hydrogens (tertiary/aromatic N) is 2. The van der Waals surface area contributed by atoms with Crippen molar-refractivity contribution in [2.45, 2.75) is 31.7 Å². The number of urea groups is 1. The Bertz CT molecular complexity index is 906. The summed E-state index contributed by atoms with van der Waals surface area (Å²) in [6.07, 6.45) is 1.67. The second kappa shape index (κ2) is 5.98. The number of hydrogen-bond acceptors (Lipinski definition) is 5. The summed E-state index contributed by atoms with van der Waals surface area (Å²) < 4.78 is 4.88. The van der Waals surface area contributed by atoms with Crippen LogP contribution in [0.4, 0.5) is 10.6 Å². The number of rotatable bonds is 3. The molecule has 1 saturated heterocycles. The van der Waals surface area contributed by atoms with Gasteiger partial charge in [-0.15, -0.1) is 0 Å². The fraction of sp³-hybridized carbons (Fsp3) is 0.333. The normalized spacial score (nSPS) is 21.7. The predicted octanol–water partition coefficient (Wildman–Crippen LogP) is 1.40. The lowest BCUT2D eigenvalue weighted by atomic mass is 9.78. The lowest BCUT2D eigenvalue weighted by Crippen LogP contribution is -2.51. The molecule has 8 nitrogen and oxygen atoms in total. The molecule has 1 aliphatic heterocycles. The van der Waals surface area contributed by atoms with Gasteiger partial charge in [0.25, 0.3) is 5.91 Å². The summed E-state index contributed by atoms with van der Waals surface area (Å²) in [5.41, 5.74) is 1.28. The first-order chi connectivity index (χ1) is 12.5. The van der Waals surface area contributed by atoms with E-state index in [4.69, 9.17) is 4.52 Å². The maximum Gasteiger partial charge on any atom is 0.325 e. The number of nitrogens with one attached hydrogen (secondary N) is 2. The molecule has 2 aliphatic rings.